The largest absolute Gasteiger partial charge is 0.480 e. The number of hydrogen-bond donors (Lipinski definition) is 0. The maximum absolute atomic E-state index is 11.3. The Bertz CT molecular complexity index is 523. The van der Waals surface area contributed by atoms with Crippen LogP contribution in [0.1, 0.15) is 5.56 Å². The third kappa shape index (κ3) is 3.90. The van der Waals surface area contributed by atoms with Crippen LogP contribution in [0.15, 0.2) is 23.1 Å². The highest BCUT2D eigenvalue weighted by atomic mass is 35.7. The van der Waals surface area contributed by atoms with Crippen LogP contribution in [-0.2, 0) is 18.6 Å². The van der Waals surface area contributed by atoms with Crippen LogP contribution >= 0.6 is 10.7 Å². The normalized spacial score (nSPS) is 11.0. The molecule has 0 bridgehead atoms. The molecular weight excluding hydrogens is 268 g/mol. The minimum atomic E-state index is -3.92. The monoisotopic (exact) mass is 278 g/mol. The van der Waals surface area contributed by atoms with Crippen LogP contribution in [0.4, 0.5) is 0 Å². The van der Waals surface area contributed by atoms with E-state index in [-0.39, 0.29) is 17.3 Å². The predicted octanol–water partition coefficient (Wildman–Crippen LogP) is 1.47. The van der Waals surface area contributed by atoms with E-state index in [0.717, 1.165) is 5.56 Å². The van der Waals surface area contributed by atoms with E-state index in [4.69, 9.17) is 15.4 Å². The summed E-state index contributed by atoms with van der Waals surface area (Å²) in [6, 6.07) is 4.46. The second kappa shape index (κ2) is 5.37. The minimum Gasteiger partial charge on any atom is -0.480 e. The summed E-state index contributed by atoms with van der Waals surface area (Å²) in [5.41, 5.74) is 0.717. The molecule has 17 heavy (non-hydrogen) atoms. The molecule has 94 valence electrons. The van der Waals surface area contributed by atoms with Crippen molar-refractivity contribution in [1.82, 2.24) is 0 Å². The Morgan fingerprint density at radius 2 is 2.06 bits per heavy atom. The first kappa shape index (κ1) is 13.8. The Morgan fingerprint density at radius 1 is 1.41 bits per heavy atom. The number of aryl methyl sites for hydroxylation is 1. The number of esters is 1. The zero-order valence-corrected chi connectivity index (χ0v) is 10.8. The fraction of sp³-hybridized carbons (Fsp3) is 0.300. The summed E-state index contributed by atoms with van der Waals surface area (Å²) >= 11 is 0. The van der Waals surface area contributed by atoms with Gasteiger partial charge in [0.15, 0.2) is 6.61 Å². The van der Waals surface area contributed by atoms with E-state index >= 15 is 0 Å². The van der Waals surface area contributed by atoms with Crippen LogP contribution in [-0.4, -0.2) is 28.1 Å². The van der Waals surface area contributed by atoms with Gasteiger partial charge in [0, 0.05) is 10.7 Å². The van der Waals surface area contributed by atoms with Gasteiger partial charge in [0.1, 0.15) is 10.6 Å². The standard InChI is InChI=1S/C10H11ClO5S/c1-7-3-4-8(16-6-10(12)15-2)9(5-7)17(11,13)14/h3-5H,6H2,1-2H3. The van der Waals surface area contributed by atoms with Gasteiger partial charge >= 0.3 is 5.97 Å². The van der Waals surface area contributed by atoms with Gasteiger partial charge in [-0.1, -0.05) is 6.07 Å². The molecule has 0 amide bonds. The third-order valence-electron chi connectivity index (χ3n) is 1.94. The number of halogens is 1. The first-order valence-corrected chi connectivity index (χ1v) is 6.90. The van der Waals surface area contributed by atoms with Crippen molar-refractivity contribution in [3.8, 4) is 5.75 Å². The highest BCUT2D eigenvalue weighted by Gasteiger charge is 2.17. The number of benzene rings is 1. The van der Waals surface area contributed by atoms with Crippen LogP contribution in [0, 0.1) is 6.92 Å². The lowest BCUT2D eigenvalue weighted by Gasteiger charge is -2.09. The van der Waals surface area contributed by atoms with Gasteiger partial charge in [0.05, 0.1) is 7.11 Å². The molecule has 0 aliphatic heterocycles. The van der Waals surface area contributed by atoms with Gasteiger partial charge in [-0.2, -0.15) is 0 Å². The van der Waals surface area contributed by atoms with Crippen LogP contribution in [0.2, 0.25) is 0 Å². The van der Waals surface area contributed by atoms with E-state index in [1.165, 1.54) is 19.2 Å². The average Bonchev–Trinajstić information content (AvgIpc) is 2.25. The fourth-order valence-electron chi connectivity index (χ4n) is 1.12. The van der Waals surface area contributed by atoms with Crippen LogP contribution in [0.5, 0.6) is 5.75 Å². The molecule has 7 heteroatoms. The Labute approximate surface area is 104 Å². The maximum Gasteiger partial charge on any atom is 0.343 e. The first-order chi connectivity index (χ1) is 7.84. The number of hydrogen-bond acceptors (Lipinski definition) is 5. The van der Waals surface area contributed by atoms with E-state index in [9.17, 15) is 13.2 Å². The molecule has 0 aliphatic rings. The lowest BCUT2D eigenvalue weighted by molar-refractivity contribution is -0.142. The molecular formula is C10H11ClO5S. The van der Waals surface area contributed by atoms with E-state index in [1.54, 1.807) is 13.0 Å². The highest BCUT2D eigenvalue weighted by molar-refractivity contribution is 8.13. The maximum atomic E-state index is 11.3. The Kier molecular flexibility index (Phi) is 4.36. The molecule has 0 fully saturated rings. The zero-order chi connectivity index (χ0) is 13.1. The Hall–Kier alpha value is -1.27. The van der Waals surface area contributed by atoms with Crippen molar-refractivity contribution in [2.45, 2.75) is 11.8 Å². The molecule has 1 aromatic carbocycles. The second-order valence-electron chi connectivity index (χ2n) is 3.25. The van der Waals surface area contributed by atoms with Gasteiger partial charge in [0.25, 0.3) is 9.05 Å². The van der Waals surface area contributed by atoms with Crippen molar-refractivity contribution in [3.63, 3.8) is 0 Å². The number of methoxy groups -OCH3 is 1. The number of ether oxygens (including phenoxy) is 2. The molecule has 0 spiro atoms. The number of carbonyl (C=O) groups is 1. The molecule has 0 saturated carbocycles. The molecule has 0 N–H and O–H groups in total. The molecule has 0 heterocycles. The van der Waals surface area contributed by atoms with Crippen LogP contribution in [0.3, 0.4) is 0 Å². The van der Waals surface area contributed by atoms with Crippen LogP contribution < -0.4 is 4.74 Å². The summed E-state index contributed by atoms with van der Waals surface area (Å²) in [6.45, 7) is 1.34. The van der Waals surface area contributed by atoms with E-state index in [1.807, 2.05) is 0 Å². The SMILES string of the molecule is COC(=O)COc1ccc(C)cc1S(=O)(=O)Cl. The quantitative estimate of drug-likeness (QED) is 0.616. The number of rotatable bonds is 4. The van der Waals surface area contributed by atoms with Gasteiger partial charge in [0.2, 0.25) is 0 Å². The molecule has 1 aromatic rings. The van der Waals surface area contributed by atoms with Gasteiger partial charge in [-0.05, 0) is 24.6 Å². The smallest absolute Gasteiger partial charge is 0.343 e. The Balaban J connectivity index is 3.04. The average molecular weight is 279 g/mol. The lowest BCUT2D eigenvalue weighted by atomic mass is 10.2. The van der Waals surface area contributed by atoms with Gasteiger partial charge in [-0.25, -0.2) is 13.2 Å². The second-order valence-corrected chi connectivity index (χ2v) is 5.79. The summed E-state index contributed by atoms with van der Waals surface area (Å²) in [6.07, 6.45) is 0. The molecule has 0 aliphatic carbocycles. The van der Waals surface area contributed by atoms with Crippen molar-refractivity contribution in [3.05, 3.63) is 23.8 Å². The number of carbonyl (C=O) groups excluding carboxylic acids is 1. The molecule has 5 nitrogen and oxygen atoms in total. The first-order valence-electron chi connectivity index (χ1n) is 4.59. The summed E-state index contributed by atoms with van der Waals surface area (Å²) in [5.74, 6) is -0.584. The summed E-state index contributed by atoms with van der Waals surface area (Å²) in [7, 11) is 2.55. The zero-order valence-electron chi connectivity index (χ0n) is 9.27. The topological polar surface area (TPSA) is 69.7 Å². The summed E-state index contributed by atoms with van der Waals surface area (Å²) in [5, 5.41) is 0. The van der Waals surface area contributed by atoms with Crippen molar-refractivity contribution in [2.24, 2.45) is 0 Å². The predicted molar refractivity (Wildman–Crippen MR) is 61.7 cm³/mol. The van der Waals surface area contributed by atoms with Gasteiger partial charge < -0.3 is 9.47 Å². The minimum absolute atomic E-state index is 0.0241. The van der Waals surface area contributed by atoms with Crippen molar-refractivity contribution in [1.29, 1.82) is 0 Å². The van der Waals surface area contributed by atoms with Gasteiger partial charge in [-0.3, -0.25) is 0 Å². The Morgan fingerprint density at radius 3 is 2.59 bits per heavy atom. The molecule has 1 rings (SSSR count). The lowest BCUT2D eigenvalue weighted by Crippen LogP contribution is -2.13. The third-order valence-corrected chi connectivity index (χ3v) is 3.28. The van der Waals surface area contributed by atoms with E-state index in [0.29, 0.717) is 0 Å². The van der Waals surface area contributed by atoms with Crippen molar-refractivity contribution >= 4 is 25.7 Å². The van der Waals surface area contributed by atoms with Crippen LogP contribution in [0.25, 0.3) is 0 Å². The summed E-state index contributed by atoms with van der Waals surface area (Å²) < 4.78 is 32.0. The van der Waals surface area contributed by atoms with E-state index < -0.39 is 15.0 Å². The molecule has 0 radical (unpaired) electrons. The molecule has 0 aromatic heterocycles. The molecule has 0 unspecified atom stereocenters. The van der Waals surface area contributed by atoms with Crippen molar-refractivity contribution < 1.29 is 22.7 Å². The molecule has 0 saturated heterocycles. The van der Waals surface area contributed by atoms with Crippen molar-refractivity contribution in [2.75, 3.05) is 13.7 Å². The fourth-order valence-corrected chi connectivity index (χ4v) is 2.18. The highest BCUT2D eigenvalue weighted by Crippen LogP contribution is 2.27. The van der Waals surface area contributed by atoms with E-state index in [2.05, 4.69) is 4.74 Å². The summed E-state index contributed by atoms with van der Waals surface area (Å²) in [4.78, 5) is 10.7. The molecule has 0 atom stereocenters. The van der Waals surface area contributed by atoms with Gasteiger partial charge in [-0.15, -0.1) is 0 Å².